The third-order valence-corrected chi connectivity index (χ3v) is 4.51. The fourth-order valence-corrected chi connectivity index (χ4v) is 3.17. The molecule has 0 atom stereocenters. The number of benzene rings is 2. The molecule has 0 aromatic heterocycles. The van der Waals surface area contributed by atoms with Gasteiger partial charge in [0.1, 0.15) is 0 Å². The minimum Gasteiger partial charge on any atom is -0.493 e. The van der Waals surface area contributed by atoms with Crippen LogP contribution in [0.15, 0.2) is 36.4 Å². The first kappa shape index (κ1) is 16.4. The first-order valence-corrected chi connectivity index (χ1v) is 8.32. The van der Waals surface area contributed by atoms with Crippen molar-refractivity contribution in [1.29, 1.82) is 0 Å². The van der Waals surface area contributed by atoms with Gasteiger partial charge in [0.05, 0.1) is 14.2 Å². The molecule has 3 rings (SSSR count). The monoisotopic (exact) mass is 325 g/mol. The van der Waals surface area contributed by atoms with E-state index in [2.05, 4.69) is 11.4 Å². The summed E-state index contributed by atoms with van der Waals surface area (Å²) in [5, 5.41) is 2.99. The second kappa shape index (κ2) is 7.39. The van der Waals surface area contributed by atoms with Crippen molar-refractivity contribution >= 4 is 5.91 Å². The number of nitrogens with one attached hydrogen (secondary N) is 1. The highest BCUT2D eigenvalue weighted by atomic mass is 16.5. The summed E-state index contributed by atoms with van der Waals surface area (Å²) in [6, 6.07) is 11.9. The zero-order valence-corrected chi connectivity index (χ0v) is 14.2. The summed E-state index contributed by atoms with van der Waals surface area (Å²) in [5.74, 6) is 1.41. The Kier molecular flexibility index (Phi) is 5.04. The van der Waals surface area contributed by atoms with E-state index in [4.69, 9.17) is 9.47 Å². The van der Waals surface area contributed by atoms with Crippen LogP contribution < -0.4 is 14.8 Å². The predicted octanol–water partition coefficient (Wildman–Crippen LogP) is 3.17. The molecule has 126 valence electrons. The standard InChI is InChI=1S/C20H23NO3/c1-23-18-9-6-14(12-19(18)24-2)10-11-21-20(22)17-8-7-15-4-3-5-16(15)13-17/h6-9,12-13H,3-5,10-11H2,1-2H3,(H,21,22). The number of amides is 1. The lowest BCUT2D eigenvalue weighted by molar-refractivity contribution is 0.0954. The van der Waals surface area contributed by atoms with E-state index in [1.807, 2.05) is 30.3 Å². The molecule has 4 nitrogen and oxygen atoms in total. The molecule has 4 heteroatoms. The van der Waals surface area contributed by atoms with Gasteiger partial charge in [0.2, 0.25) is 0 Å². The maximum Gasteiger partial charge on any atom is 0.251 e. The minimum atomic E-state index is -0.00910. The lowest BCUT2D eigenvalue weighted by Crippen LogP contribution is -2.25. The summed E-state index contributed by atoms with van der Waals surface area (Å²) in [4.78, 5) is 12.3. The van der Waals surface area contributed by atoms with E-state index >= 15 is 0 Å². The van der Waals surface area contributed by atoms with Gasteiger partial charge in [-0.3, -0.25) is 4.79 Å². The first-order chi connectivity index (χ1) is 11.7. The van der Waals surface area contributed by atoms with E-state index in [-0.39, 0.29) is 5.91 Å². The van der Waals surface area contributed by atoms with E-state index in [0.29, 0.717) is 18.0 Å². The normalized spacial score (nSPS) is 12.6. The van der Waals surface area contributed by atoms with Gasteiger partial charge in [0.15, 0.2) is 11.5 Å². The van der Waals surface area contributed by atoms with Gasteiger partial charge in [0, 0.05) is 12.1 Å². The summed E-state index contributed by atoms with van der Waals surface area (Å²) in [6.45, 7) is 0.589. The van der Waals surface area contributed by atoms with Crippen LogP contribution in [-0.2, 0) is 19.3 Å². The summed E-state index contributed by atoms with van der Waals surface area (Å²) in [6.07, 6.45) is 4.16. The quantitative estimate of drug-likeness (QED) is 0.887. The molecular formula is C20H23NO3. The van der Waals surface area contributed by atoms with Gasteiger partial charge in [0.25, 0.3) is 5.91 Å². The third-order valence-electron chi connectivity index (χ3n) is 4.51. The minimum absolute atomic E-state index is 0.00910. The molecule has 1 aliphatic carbocycles. The van der Waals surface area contributed by atoms with Gasteiger partial charge in [-0.15, -0.1) is 0 Å². The van der Waals surface area contributed by atoms with Crippen LogP contribution in [0.3, 0.4) is 0 Å². The number of carbonyl (C=O) groups excluding carboxylic acids is 1. The number of hydrogen-bond donors (Lipinski definition) is 1. The molecule has 0 unspecified atom stereocenters. The summed E-state index contributed by atoms with van der Waals surface area (Å²) in [5.41, 5.74) is 4.56. The van der Waals surface area contributed by atoms with Gasteiger partial charge >= 0.3 is 0 Å². The number of ether oxygens (including phenoxy) is 2. The van der Waals surface area contributed by atoms with Crippen LogP contribution in [0.5, 0.6) is 11.5 Å². The van der Waals surface area contributed by atoms with E-state index in [0.717, 1.165) is 30.4 Å². The van der Waals surface area contributed by atoms with E-state index in [1.165, 1.54) is 17.5 Å². The Morgan fingerprint density at radius 2 is 1.79 bits per heavy atom. The van der Waals surface area contributed by atoms with Crippen molar-refractivity contribution in [3.8, 4) is 11.5 Å². The number of methoxy groups -OCH3 is 2. The highest BCUT2D eigenvalue weighted by Gasteiger charge is 2.13. The van der Waals surface area contributed by atoms with Crippen LogP contribution in [0.2, 0.25) is 0 Å². The highest BCUT2D eigenvalue weighted by molar-refractivity contribution is 5.94. The first-order valence-electron chi connectivity index (χ1n) is 8.32. The average Bonchev–Trinajstić information content (AvgIpc) is 3.09. The number of aryl methyl sites for hydroxylation is 2. The van der Waals surface area contributed by atoms with E-state index < -0.39 is 0 Å². The molecule has 1 amide bonds. The van der Waals surface area contributed by atoms with Crippen molar-refractivity contribution in [2.45, 2.75) is 25.7 Å². The fraction of sp³-hybridized carbons (Fsp3) is 0.350. The molecule has 2 aromatic rings. The van der Waals surface area contributed by atoms with Gasteiger partial charge in [-0.05, 0) is 66.6 Å². The molecular weight excluding hydrogens is 302 g/mol. The van der Waals surface area contributed by atoms with Crippen molar-refractivity contribution in [3.63, 3.8) is 0 Å². The highest BCUT2D eigenvalue weighted by Crippen LogP contribution is 2.27. The SMILES string of the molecule is COc1ccc(CCNC(=O)c2ccc3c(c2)CCC3)cc1OC. The van der Waals surface area contributed by atoms with Crippen LogP contribution in [-0.4, -0.2) is 26.7 Å². The van der Waals surface area contributed by atoms with Gasteiger partial charge in [-0.1, -0.05) is 12.1 Å². The summed E-state index contributed by atoms with van der Waals surface area (Å²) < 4.78 is 10.5. The lowest BCUT2D eigenvalue weighted by atomic mass is 10.1. The second-order valence-electron chi connectivity index (χ2n) is 6.03. The van der Waals surface area contributed by atoms with Crippen LogP contribution >= 0.6 is 0 Å². The largest absolute Gasteiger partial charge is 0.493 e. The average molecular weight is 325 g/mol. The maximum absolute atomic E-state index is 12.3. The van der Waals surface area contributed by atoms with Gasteiger partial charge < -0.3 is 14.8 Å². The van der Waals surface area contributed by atoms with Crippen LogP contribution in [0, 0.1) is 0 Å². The Morgan fingerprint density at radius 1 is 1.00 bits per heavy atom. The second-order valence-corrected chi connectivity index (χ2v) is 6.03. The molecule has 1 aliphatic rings. The summed E-state index contributed by atoms with van der Waals surface area (Å²) >= 11 is 0. The Hall–Kier alpha value is -2.49. The Balaban J connectivity index is 1.57. The topological polar surface area (TPSA) is 47.6 Å². The van der Waals surface area contributed by atoms with Crippen molar-refractivity contribution in [1.82, 2.24) is 5.32 Å². The molecule has 1 N–H and O–H groups in total. The molecule has 0 fully saturated rings. The molecule has 0 saturated heterocycles. The third kappa shape index (κ3) is 3.53. The van der Waals surface area contributed by atoms with Crippen molar-refractivity contribution in [2.75, 3.05) is 20.8 Å². The van der Waals surface area contributed by atoms with Crippen LogP contribution in [0.1, 0.15) is 33.5 Å². The maximum atomic E-state index is 12.3. The molecule has 0 spiro atoms. The van der Waals surface area contributed by atoms with E-state index in [9.17, 15) is 4.79 Å². The number of fused-ring (bicyclic) bond motifs is 1. The van der Waals surface area contributed by atoms with Crippen LogP contribution in [0.25, 0.3) is 0 Å². The number of carbonyl (C=O) groups is 1. The fourth-order valence-electron chi connectivity index (χ4n) is 3.17. The zero-order valence-electron chi connectivity index (χ0n) is 14.2. The van der Waals surface area contributed by atoms with Crippen molar-refractivity contribution in [3.05, 3.63) is 58.7 Å². The number of rotatable bonds is 6. The molecule has 0 radical (unpaired) electrons. The van der Waals surface area contributed by atoms with Crippen molar-refractivity contribution in [2.24, 2.45) is 0 Å². The number of hydrogen-bond acceptors (Lipinski definition) is 3. The molecule has 24 heavy (non-hydrogen) atoms. The van der Waals surface area contributed by atoms with Gasteiger partial charge in [-0.25, -0.2) is 0 Å². The molecule has 2 aromatic carbocycles. The van der Waals surface area contributed by atoms with Crippen LogP contribution in [0.4, 0.5) is 0 Å². The molecule has 0 bridgehead atoms. The van der Waals surface area contributed by atoms with Gasteiger partial charge in [-0.2, -0.15) is 0 Å². The molecule has 0 aliphatic heterocycles. The Bertz CT molecular complexity index is 740. The predicted molar refractivity (Wildman–Crippen MR) is 94.1 cm³/mol. The lowest BCUT2D eigenvalue weighted by Gasteiger charge is -2.10. The Labute approximate surface area is 142 Å². The molecule has 0 heterocycles. The summed E-state index contributed by atoms with van der Waals surface area (Å²) in [7, 11) is 3.24. The molecule has 0 saturated carbocycles. The van der Waals surface area contributed by atoms with E-state index in [1.54, 1.807) is 14.2 Å². The smallest absolute Gasteiger partial charge is 0.251 e. The van der Waals surface area contributed by atoms with Crippen molar-refractivity contribution < 1.29 is 14.3 Å². The zero-order chi connectivity index (χ0) is 16.9. The Morgan fingerprint density at radius 3 is 2.58 bits per heavy atom.